The maximum Gasteiger partial charge on any atom is 0.127 e. The normalized spacial score (nSPS) is 16.3. The minimum atomic E-state index is -0.134. The first-order valence-corrected chi connectivity index (χ1v) is 7.42. The first-order chi connectivity index (χ1) is 8.75. The van der Waals surface area contributed by atoms with Crippen molar-refractivity contribution in [2.24, 2.45) is 0 Å². The van der Waals surface area contributed by atoms with E-state index in [1.165, 1.54) is 32.0 Å². The predicted molar refractivity (Wildman–Crippen MR) is 76.1 cm³/mol. The monoisotopic (exact) mass is 314 g/mol. The van der Waals surface area contributed by atoms with E-state index in [9.17, 15) is 4.39 Å². The molecule has 100 valence electrons. The van der Waals surface area contributed by atoms with Gasteiger partial charge in [-0.1, -0.05) is 15.9 Å². The van der Waals surface area contributed by atoms with Crippen molar-refractivity contribution < 1.29 is 4.39 Å². The highest BCUT2D eigenvalue weighted by molar-refractivity contribution is 9.10. The molecule has 1 aliphatic heterocycles. The molecule has 1 heterocycles. The van der Waals surface area contributed by atoms with Gasteiger partial charge in [-0.15, -0.1) is 0 Å². The van der Waals surface area contributed by atoms with Crippen LogP contribution in [0.25, 0.3) is 0 Å². The molecule has 0 aliphatic carbocycles. The lowest BCUT2D eigenvalue weighted by atomic mass is 10.2. The van der Waals surface area contributed by atoms with Crippen LogP contribution >= 0.6 is 15.9 Å². The van der Waals surface area contributed by atoms with Gasteiger partial charge in [-0.3, -0.25) is 0 Å². The van der Waals surface area contributed by atoms with E-state index in [0.717, 1.165) is 29.5 Å². The molecule has 0 bridgehead atoms. The van der Waals surface area contributed by atoms with Crippen LogP contribution in [0.4, 0.5) is 4.39 Å². The summed E-state index contributed by atoms with van der Waals surface area (Å²) in [6.45, 7) is 5.21. The molecule has 2 rings (SSSR count). The average Bonchev–Trinajstić information content (AvgIpc) is 2.86. The number of nitrogens with zero attached hydrogens (tertiary/aromatic N) is 1. The first-order valence-electron chi connectivity index (χ1n) is 6.63. The van der Waals surface area contributed by atoms with Gasteiger partial charge in [-0.05, 0) is 63.6 Å². The molecule has 4 heteroatoms. The molecule has 0 atom stereocenters. The molecule has 1 aromatic carbocycles. The number of likely N-dealkylation sites (tertiary alicyclic amines) is 1. The highest BCUT2D eigenvalue weighted by atomic mass is 79.9. The lowest BCUT2D eigenvalue weighted by Crippen LogP contribution is -2.24. The summed E-state index contributed by atoms with van der Waals surface area (Å²) in [5.41, 5.74) is 0.727. The van der Waals surface area contributed by atoms with Crippen LogP contribution in [0, 0.1) is 5.82 Å². The van der Waals surface area contributed by atoms with Crippen LogP contribution in [0.1, 0.15) is 24.8 Å². The molecular weight excluding hydrogens is 295 g/mol. The standard InChI is InChI=1S/C14H20BrFN2/c15-13-4-5-14(16)12(10-13)11-17-6-3-9-18-7-1-2-8-18/h4-5,10,17H,1-3,6-9,11H2. The highest BCUT2D eigenvalue weighted by Gasteiger charge is 2.10. The minimum absolute atomic E-state index is 0.134. The average molecular weight is 315 g/mol. The molecule has 0 radical (unpaired) electrons. The van der Waals surface area contributed by atoms with Crippen molar-refractivity contribution in [1.82, 2.24) is 10.2 Å². The topological polar surface area (TPSA) is 15.3 Å². The van der Waals surface area contributed by atoms with Crippen LogP contribution in [-0.2, 0) is 6.54 Å². The zero-order valence-corrected chi connectivity index (χ0v) is 12.2. The van der Waals surface area contributed by atoms with Gasteiger partial charge >= 0.3 is 0 Å². The lowest BCUT2D eigenvalue weighted by Gasteiger charge is -2.14. The van der Waals surface area contributed by atoms with Crippen LogP contribution in [-0.4, -0.2) is 31.1 Å². The largest absolute Gasteiger partial charge is 0.313 e. The van der Waals surface area contributed by atoms with Gasteiger partial charge in [0.15, 0.2) is 0 Å². The summed E-state index contributed by atoms with van der Waals surface area (Å²) in [7, 11) is 0. The second-order valence-electron chi connectivity index (χ2n) is 4.81. The molecule has 1 aromatic rings. The van der Waals surface area contributed by atoms with Gasteiger partial charge in [0.05, 0.1) is 0 Å². The Kier molecular flexibility index (Phi) is 5.60. The summed E-state index contributed by atoms with van der Waals surface area (Å²) < 4.78 is 14.4. The Labute approximate surface area is 117 Å². The quantitative estimate of drug-likeness (QED) is 0.811. The Morgan fingerprint density at radius 1 is 1.28 bits per heavy atom. The fourth-order valence-electron chi connectivity index (χ4n) is 2.34. The molecule has 1 N–H and O–H groups in total. The second kappa shape index (κ2) is 7.22. The summed E-state index contributed by atoms with van der Waals surface area (Å²) in [5.74, 6) is -0.134. The minimum Gasteiger partial charge on any atom is -0.313 e. The fraction of sp³-hybridized carbons (Fsp3) is 0.571. The third-order valence-electron chi connectivity index (χ3n) is 3.35. The molecule has 0 aromatic heterocycles. The lowest BCUT2D eigenvalue weighted by molar-refractivity contribution is 0.331. The van der Waals surface area contributed by atoms with Crippen molar-refractivity contribution >= 4 is 15.9 Å². The summed E-state index contributed by atoms with van der Waals surface area (Å²) >= 11 is 3.36. The number of rotatable bonds is 6. The summed E-state index contributed by atoms with van der Waals surface area (Å²) in [6, 6.07) is 5.07. The zero-order valence-electron chi connectivity index (χ0n) is 10.6. The van der Waals surface area contributed by atoms with Gasteiger partial charge in [-0.25, -0.2) is 4.39 Å². The Morgan fingerprint density at radius 3 is 2.83 bits per heavy atom. The molecule has 0 unspecified atom stereocenters. The van der Waals surface area contributed by atoms with Crippen LogP contribution < -0.4 is 5.32 Å². The molecule has 1 aliphatic rings. The molecule has 1 fully saturated rings. The third-order valence-corrected chi connectivity index (χ3v) is 3.84. The molecule has 0 saturated carbocycles. The summed E-state index contributed by atoms with van der Waals surface area (Å²) in [5, 5.41) is 3.31. The van der Waals surface area contributed by atoms with Gasteiger partial charge in [0.25, 0.3) is 0 Å². The van der Waals surface area contributed by atoms with Gasteiger partial charge in [0, 0.05) is 16.6 Å². The zero-order chi connectivity index (χ0) is 12.8. The van der Waals surface area contributed by atoms with Crippen LogP contribution in [0.5, 0.6) is 0 Å². The molecular formula is C14H20BrFN2. The van der Waals surface area contributed by atoms with E-state index in [2.05, 4.69) is 26.1 Å². The fourth-order valence-corrected chi connectivity index (χ4v) is 2.74. The predicted octanol–water partition coefficient (Wildman–Crippen LogP) is 3.16. The van der Waals surface area contributed by atoms with Crippen molar-refractivity contribution in [1.29, 1.82) is 0 Å². The van der Waals surface area contributed by atoms with Crippen molar-refractivity contribution in [3.63, 3.8) is 0 Å². The van der Waals surface area contributed by atoms with Crippen LogP contribution in [0.15, 0.2) is 22.7 Å². The van der Waals surface area contributed by atoms with E-state index in [0.29, 0.717) is 6.54 Å². The molecule has 18 heavy (non-hydrogen) atoms. The molecule has 0 amide bonds. The Morgan fingerprint density at radius 2 is 2.06 bits per heavy atom. The Hall–Kier alpha value is -0.450. The maximum absolute atomic E-state index is 13.5. The Balaban J connectivity index is 1.64. The first kappa shape index (κ1) is 14.0. The summed E-state index contributed by atoms with van der Waals surface area (Å²) in [6.07, 6.45) is 3.82. The third kappa shape index (κ3) is 4.34. The van der Waals surface area contributed by atoms with Crippen LogP contribution in [0.3, 0.4) is 0 Å². The number of benzene rings is 1. The van der Waals surface area contributed by atoms with Crippen molar-refractivity contribution in [2.45, 2.75) is 25.8 Å². The smallest absolute Gasteiger partial charge is 0.127 e. The van der Waals surface area contributed by atoms with Crippen LogP contribution in [0.2, 0.25) is 0 Å². The second-order valence-corrected chi connectivity index (χ2v) is 5.73. The van der Waals surface area contributed by atoms with Crippen molar-refractivity contribution in [3.8, 4) is 0 Å². The van der Waals surface area contributed by atoms with Gasteiger partial charge in [-0.2, -0.15) is 0 Å². The number of hydrogen-bond acceptors (Lipinski definition) is 2. The number of nitrogens with one attached hydrogen (secondary N) is 1. The van der Waals surface area contributed by atoms with Gasteiger partial charge in [0.2, 0.25) is 0 Å². The summed E-state index contributed by atoms with van der Waals surface area (Å²) in [4.78, 5) is 2.50. The van der Waals surface area contributed by atoms with E-state index in [-0.39, 0.29) is 5.82 Å². The van der Waals surface area contributed by atoms with Crippen molar-refractivity contribution in [2.75, 3.05) is 26.2 Å². The Bertz CT molecular complexity index is 378. The van der Waals surface area contributed by atoms with E-state index >= 15 is 0 Å². The molecule has 2 nitrogen and oxygen atoms in total. The van der Waals surface area contributed by atoms with E-state index in [4.69, 9.17) is 0 Å². The number of hydrogen-bond donors (Lipinski definition) is 1. The highest BCUT2D eigenvalue weighted by Crippen LogP contribution is 2.15. The maximum atomic E-state index is 13.5. The van der Waals surface area contributed by atoms with Gasteiger partial charge < -0.3 is 10.2 Å². The van der Waals surface area contributed by atoms with E-state index < -0.39 is 0 Å². The van der Waals surface area contributed by atoms with E-state index in [1.807, 2.05) is 6.07 Å². The SMILES string of the molecule is Fc1ccc(Br)cc1CNCCCN1CCCC1. The molecule has 0 spiro atoms. The molecule has 1 saturated heterocycles. The van der Waals surface area contributed by atoms with Crippen molar-refractivity contribution in [3.05, 3.63) is 34.1 Å². The van der Waals surface area contributed by atoms with E-state index in [1.54, 1.807) is 6.07 Å². The van der Waals surface area contributed by atoms with Gasteiger partial charge in [0.1, 0.15) is 5.82 Å². The number of halogens is 2.